The van der Waals surface area contributed by atoms with Crippen molar-refractivity contribution in [2.24, 2.45) is 0 Å². The van der Waals surface area contributed by atoms with Gasteiger partial charge in [-0.05, 0) is 44.2 Å². The second-order valence-corrected chi connectivity index (χ2v) is 6.82. The summed E-state index contributed by atoms with van der Waals surface area (Å²) in [7, 11) is 0. The molecule has 0 saturated heterocycles. The molecule has 2 N–H and O–H groups in total. The largest absolute Gasteiger partial charge is 0.485 e. The van der Waals surface area contributed by atoms with E-state index in [0.29, 0.717) is 22.6 Å². The Morgan fingerprint density at radius 1 is 1.27 bits per heavy atom. The Morgan fingerprint density at radius 3 is 2.58 bits per heavy atom. The molecule has 1 aliphatic heterocycles. The third-order valence-corrected chi connectivity index (χ3v) is 4.57. The molecule has 2 aromatic carbocycles. The molecule has 1 heterocycles. The Kier molecular flexibility index (Phi) is 4.58. The fraction of sp³-hybridized carbons (Fsp3) is 0.300. The molecule has 0 bridgehead atoms. The van der Waals surface area contributed by atoms with Gasteiger partial charge in [0.05, 0.1) is 17.7 Å². The molecule has 26 heavy (non-hydrogen) atoms. The van der Waals surface area contributed by atoms with Crippen LogP contribution in [-0.2, 0) is 4.79 Å². The van der Waals surface area contributed by atoms with Gasteiger partial charge in [-0.1, -0.05) is 18.2 Å². The number of fused-ring (bicyclic) bond motifs is 1. The normalized spacial score (nSPS) is 20.4. The zero-order valence-corrected chi connectivity index (χ0v) is 14.6. The summed E-state index contributed by atoms with van der Waals surface area (Å²) in [4.78, 5) is 13.2. The van der Waals surface area contributed by atoms with Gasteiger partial charge in [0.2, 0.25) is 0 Å². The summed E-state index contributed by atoms with van der Waals surface area (Å²) in [6.07, 6.45) is -0.997. The lowest BCUT2D eigenvalue weighted by molar-refractivity contribution is -0.135. The van der Waals surface area contributed by atoms with Crippen LogP contribution in [-0.4, -0.2) is 34.4 Å². The van der Waals surface area contributed by atoms with Gasteiger partial charge >= 0.3 is 5.97 Å². The third-order valence-electron chi connectivity index (χ3n) is 4.57. The van der Waals surface area contributed by atoms with Gasteiger partial charge in [-0.25, -0.2) is 0 Å². The van der Waals surface area contributed by atoms with Crippen LogP contribution < -0.4 is 9.64 Å². The van der Waals surface area contributed by atoms with Crippen LogP contribution in [0.1, 0.15) is 31.0 Å². The molecule has 0 aromatic heterocycles. The first-order chi connectivity index (χ1) is 12.3. The number of aliphatic hydroxyl groups is 1. The molecule has 0 radical (unpaired) electrons. The second-order valence-electron chi connectivity index (χ2n) is 6.82. The van der Waals surface area contributed by atoms with Crippen molar-refractivity contribution in [2.45, 2.75) is 31.6 Å². The van der Waals surface area contributed by atoms with Crippen LogP contribution in [0, 0.1) is 11.3 Å². The van der Waals surface area contributed by atoms with Gasteiger partial charge in [0.1, 0.15) is 24.0 Å². The lowest BCUT2D eigenvalue weighted by Gasteiger charge is -2.46. The number of nitriles is 1. The molecule has 0 fully saturated rings. The summed E-state index contributed by atoms with van der Waals surface area (Å²) in [5.74, 6) is -0.473. The fourth-order valence-electron chi connectivity index (χ4n) is 3.29. The first-order valence-electron chi connectivity index (χ1n) is 8.28. The van der Waals surface area contributed by atoms with E-state index in [-0.39, 0.29) is 6.54 Å². The molecule has 0 amide bonds. The highest BCUT2D eigenvalue weighted by molar-refractivity contribution is 5.74. The number of benzene rings is 2. The fourth-order valence-corrected chi connectivity index (χ4v) is 3.29. The van der Waals surface area contributed by atoms with Crippen LogP contribution in [0.2, 0.25) is 0 Å². The van der Waals surface area contributed by atoms with Gasteiger partial charge in [-0.3, -0.25) is 4.79 Å². The number of hydrogen-bond donors (Lipinski definition) is 2. The first kappa shape index (κ1) is 17.8. The summed E-state index contributed by atoms with van der Waals surface area (Å²) < 4.78 is 5.92. The standard InChI is InChI=1S/C20H20N2O4/c1-20(2)19(25)18(15-10-13(11-21)8-9-16(15)26-20)22(12-17(23)24)14-6-4-3-5-7-14/h3-10,18-19,25H,12H2,1-2H3,(H,23,24)/t18-,19+/m1/s1. The summed E-state index contributed by atoms with van der Waals surface area (Å²) in [6, 6.07) is 15.5. The number of para-hydroxylation sites is 1. The number of anilines is 1. The van der Waals surface area contributed by atoms with Crippen LogP contribution in [0.4, 0.5) is 5.69 Å². The smallest absolute Gasteiger partial charge is 0.323 e. The van der Waals surface area contributed by atoms with Crippen LogP contribution in [0.25, 0.3) is 0 Å². The van der Waals surface area contributed by atoms with E-state index in [1.54, 1.807) is 49.1 Å². The topological polar surface area (TPSA) is 93.8 Å². The number of ether oxygens (including phenoxy) is 1. The van der Waals surface area contributed by atoms with Crippen LogP contribution in [0.3, 0.4) is 0 Å². The van der Waals surface area contributed by atoms with Gasteiger partial charge in [0.25, 0.3) is 0 Å². The summed E-state index contributed by atoms with van der Waals surface area (Å²) in [5.41, 5.74) is 0.774. The quantitative estimate of drug-likeness (QED) is 0.879. The Labute approximate surface area is 151 Å². The lowest BCUT2D eigenvalue weighted by atomic mass is 9.84. The Morgan fingerprint density at radius 2 is 1.96 bits per heavy atom. The molecule has 3 rings (SSSR count). The molecule has 0 aliphatic carbocycles. The van der Waals surface area contributed by atoms with Gasteiger partial charge in [0, 0.05) is 11.3 Å². The minimum Gasteiger partial charge on any atom is -0.485 e. The van der Waals surface area contributed by atoms with Crippen molar-refractivity contribution in [1.29, 1.82) is 5.26 Å². The zero-order valence-electron chi connectivity index (χ0n) is 14.6. The molecule has 0 saturated carbocycles. The van der Waals surface area contributed by atoms with Crippen molar-refractivity contribution in [2.75, 3.05) is 11.4 Å². The number of aliphatic carboxylic acids is 1. The maximum absolute atomic E-state index is 11.5. The van der Waals surface area contributed by atoms with E-state index in [4.69, 9.17) is 4.74 Å². The average molecular weight is 352 g/mol. The number of carbonyl (C=O) groups is 1. The molecule has 2 aromatic rings. The van der Waals surface area contributed by atoms with Gasteiger partial charge in [0.15, 0.2) is 0 Å². The van der Waals surface area contributed by atoms with E-state index in [1.807, 2.05) is 18.2 Å². The first-order valence-corrected chi connectivity index (χ1v) is 8.28. The van der Waals surface area contributed by atoms with Crippen molar-refractivity contribution in [3.63, 3.8) is 0 Å². The highest BCUT2D eigenvalue weighted by Crippen LogP contribution is 2.44. The van der Waals surface area contributed by atoms with E-state index in [1.165, 1.54) is 0 Å². The Hall–Kier alpha value is -3.04. The predicted octanol–water partition coefficient (Wildman–Crippen LogP) is 2.72. The number of carboxylic acid groups (broad SMARTS) is 1. The Bertz CT molecular complexity index is 858. The molecular weight excluding hydrogens is 332 g/mol. The predicted molar refractivity (Wildman–Crippen MR) is 96.0 cm³/mol. The van der Waals surface area contributed by atoms with Crippen LogP contribution in [0.5, 0.6) is 5.75 Å². The van der Waals surface area contributed by atoms with E-state index in [2.05, 4.69) is 6.07 Å². The molecule has 6 nitrogen and oxygen atoms in total. The average Bonchev–Trinajstić information content (AvgIpc) is 2.61. The maximum atomic E-state index is 11.5. The van der Waals surface area contributed by atoms with E-state index < -0.39 is 23.7 Å². The van der Waals surface area contributed by atoms with Crippen molar-refractivity contribution in [3.8, 4) is 11.8 Å². The number of carboxylic acids is 1. The van der Waals surface area contributed by atoms with Gasteiger partial charge in [-0.2, -0.15) is 5.26 Å². The SMILES string of the molecule is CC1(C)Oc2ccc(C#N)cc2[C@@H](N(CC(=O)O)c2ccccc2)[C@@H]1O. The monoisotopic (exact) mass is 352 g/mol. The number of aliphatic hydroxyl groups excluding tert-OH is 1. The zero-order chi connectivity index (χ0) is 18.9. The van der Waals surface area contributed by atoms with Gasteiger partial charge < -0.3 is 19.8 Å². The minimum absolute atomic E-state index is 0.294. The van der Waals surface area contributed by atoms with Crippen LogP contribution >= 0.6 is 0 Å². The molecule has 134 valence electrons. The summed E-state index contributed by atoms with van der Waals surface area (Å²) in [5, 5.41) is 29.7. The van der Waals surface area contributed by atoms with Gasteiger partial charge in [-0.15, -0.1) is 0 Å². The van der Waals surface area contributed by atoms with Crippen molar-refractivity contribution >= 4 is 11.7 Å². The number of nitrogens with zero attached hydrogens (tertiary/aromatic N) is 2. The van der Waals surface area contributed by atoms with Crippen molar-refractivity contribution < 1.29 is 19.7 Å². The third kappa shape index (κ3) is 3.22. The van der Waals surface area contributed by atoms with Crippen molar-refractivity contribution in [1.82, 2.24) is 0 Å². The Balaban J connectivity index is 2.18. The molecule has 0 spiro atoms. The van der Waals surface area contributed by atoms with E-state index in [0.717, 1.165) is 0 Å². The molecular formula is C20H20N2O4. The summed E-state index contributed by atoms with van der Waals surface area (Å²) >= 11 is 0. The van der Waals surface area contributed by atoms with E-state index >= 15 is 0 Å². The molecule has 1 aliphatic rings. The number of rotatable bonds is 4. The molecule has 6 heteroatoms. The van der Waals surface area contributed by atoms with E-state index in [9.17, 15) is 20.3 Å². The maximum Gasteiger partial charge on any atom is 0.323 e. The second kappa shape index (κ2) is 6.70. The van der Waals surface area contributed by atoms with Crippen LogP contribution in [0.15, 0.2) is 48.5 Å². The minimum atomic E-state index is -1.01. The number of hydrogen-bond acceptors (Lipinski definition) is 5. The lowest BCUT2D eigenvalue weighted by Crippen LogP contribution is -2.54. The molecule has 2 atom stereocenters. The van der Waals surface area contributed by atoms with Crippen molar-refractivity contribution in [3.05, 3.63) is 59.7 Å². The highest BCUT2D eigenvalue weighted by Gasteiger charge is 2.46. The summed E-state index contributed by atoms with van der Waals surface area (Å²) in [6.45, 7) is 3.23. The highest BCUT2D eigenvalue weighted by atomic mass is 16.5. The molecule has 0 unspecified atom stereocenters.